The predicted octanol–water partition coefficient (Wildman–Crippen LogP) is 5.28. The van der Waals surface area contributed by atoms with Crippen molar-refractivity contribution in [2.24, 2.45) is 0 Å². The topological polar surface area (TPSA) is 56.2 Å². The first-order chi connectivity index (χ1) is 14.6. The van der Waals surface area contributed by atoms with Gasteiger partial charge in [0.25, 0.3) is 0 Å². The van der Waals surface area contributed by atoms with Crippen LogP contribution in [0.2, 0.25) is 0 Å². The van der Waals surface area contributed by atoms with Gasteiger partial charge in [-0.15, -0.1) is 11.8 Å². The van der Waals surface area contributed by atoms with Crippen LogP contribution in [-0.4, -0.2) is 21.7 Å². The van der Waals surface area contributed by atoms with Crippen molar-refractivity contribution in [3.8, 4) is 5.75 Å². The van der Waals surface area contributed by atoms with Crippen molar-refractivity contribution >= 4 is 34.4 Å². The number of nitrogens with zero attached hydrogens (tertiary/aromatic N) is 2. The first-order valence-corrected chi connectivity index (χ1v) is 10.9. The number of hydrogen-bond acceptors (Lipinski definition) is 4. The van der Waals surface area contributed by atoms with Crippen LogP contribution in [0, 0.1) is 6.92 Å². The fraction of sp³-hybridized carbons (Fsp3) is 0.167. The van der Waals surface area contributed by atoms with Crippen molar-refractivity contribution in [2.45, 2.75) is 25.0 Å². The minimum atomic E-state index is -0.104. The monoisotopic (exact) mass is 417 g/mol. The summed E-state index contributed by atoms with van der Waals surface area (Å²) in [6.07, 6.45) is 2.01. The minimum Gasteiger partial charge on any atom is -0.486 e. The fourth-order valence-electron chi connectivity index (χ4n) is 3.31. The summed E-state index contributed by atoms with van der Waals surface area (Å²) in [5.74, 6) is 1.39. The molecule has 0 radical (unpaired) electrons. The van der Waals surface area contributed by atoms with Gasteiger partial charge in [-0.3, -0.25) is 4.79 Å². The predicted molar refractivity (Wildman–Crippen MR) is 122 cm³/mol. The number of aryl methyl sites for hydroxylation is 1. The van der Waals surface area contributed by atoms with Gasteiger partial charge in [0.1, 0.15) is 24.7 Å². The number of benzene rings is 3. The van der Waals surface area contributed by atoms with Gasteiger partial charge in [0.15, 0.2) is 0 Å². The zero-order valence-electron chi connectivity index (χ0n) is 17.0. The Bertz CT molecular complexity index is 1190. The number of thioether (sulfide) groups is 1. The molecule has 0 aliphatic carbocycles. The third-order valence-corrected chi connectivity index (χ3v) is 5.47. The lowest BCUT2D eigenvalue weighted by Gasteiger charge is -2.12. The highest BCUT2D eigenvalue weighted by Gasteiger charge is 2.14. The lowest BCUT2D eigenvalue weighted by molar-refractivity contribution is -0.116. The number of carbonyl (C=O) groups is 1. The molecule has 1 aromatic heterocycles. The summed E-state index contributed by atoms with van der Waals surface area (Å²) in [4.78, 5) is 18.6. The third-order valence-electron chi connectivity index (χ3n) is 4.75. The molecule has 0 saturated carbocycles. The zero-order valence-corrected chi connectivity index (χ0v) is 17.8. The molecular formula is C24H23N3O2S. The van der Waals surface area contributed by atoms with Crippen molar-refractivity contribution in [1.29, 1.82) is 0 Å². The van der Waals surface area contributed by atoms with E-state index in [1.807, 2.05) is 90.5 Å². The number of amides is 1. The van der Waals surface area contributed by atoms with E-state index in [0.29, 0.717) is 5.82 Å². The van der Waals surface area contributed by atoms with Gasteiger partial charge in [-0.05, 0) is 61.2 Å². The molecule has 0 unspecified atom stereocenters. The van der Waals surface area contributed by atoms with Gasteiger partial charge < -0.3 is 14.6 Å². The highest BCUT2D eigenvalue weighted by atomic mass is 32.2. The second-order valence-electron chi connectivity index (χ2n) is 6.99. The van der Waals surface area contributed by atoms with Crippen molar-refractivity contribution in [3.05, 3.63) is 84.2 Å². The van der Waals surface area contributed by atoms with E-state index in [9.17, 15) is 4.79 Å². The summed E-state index contributed by atoms with van der Waals surface area (Å²) in [6, 6.07) is 23.5. The van der Waals surface area contributed by atoms with Crippen LogP contribution in [-0.2, 0) is 17.9 Å². The number of hydrogen-bond donors (Lipinski definition) is 1. The summed E-state index contributed by atoms with van der Waals surface area (Å²) >= 11 is 1.64. The normalized spacial score (nSPS) is 10.9. The van der Waals surface area contributed by atoms with Crippen LogP contribution in [0.1, 0.15) is 11.4 Å². The van der Waals surface area contributed by atoms with Crippen molar-refractivity contribution in [1.82, 2.24) is 9.55 Å². The average molecular weight is 418 g/mol. The summed E-state index contributed by atoms with van der Waals surface area (Å²) in [5, 5.41) is 2.99. The molecule has 1 heterocycles. The van der Waals surface area contributed by atoms with Gasteiger partial charge in [-0.2, -0.15) is 0 Å². The van der Waals surface area contributed by atoms with Crippen LogP contribution in [0.15, 0.2) is 77.7 Å². The zero-order chi connectivity index (χ0) is 20.9. The highest BCUT2D eigenvalue weighted by molar-refractivity contribution is 7.98. The first kappa shape index (κ1) is 20.0. The number of fused-ring (bicyclic) bond motifs is 1. The molecule has 1 amide bonds. The summed E-state index contributed by atoms with van der Waals surface area (Å²) in [5.41, 5.74) is 3.67. The Kier molecular flexibility index (Phi) is 6.05. The van der Waals surface area contributed by atoms with Crippen molar-refractivity contribution < 1.29 is 9.53 Å². The average Bonchev–Trinajstić information content (AvgIpc) is 3.10. The molecule has 30 heavy (non-hydrogen) atoms. The molecule has 3 aromatic carbocycles. The maximum atomic E-state index is 12.8. The summed E-state index contributed by atoms with van der Waals surface area (Å²) in [6.45, 7) is 2.47. The molecule has 0 saturated heterocycles. The maximum Gasteiger partial charge on any atom is 0.244 e. The Balaban J connectivity index is 1.55. The number of aromatic nitrogens is 2. The molecule has 152 valence electrons. The Hall–Kier alpha value is -3.25. The molecule has 5 nitrogen and oxygen atoms in total. The number of imidazole rings is 1. The molecule has 0 fully saturated rings. The number of carbonyl (C=O) groups excluding carboxylic acids is 1. The van der Waals surface area contributed by atoms with Crippen LogP contribution < -0.4 is 10.1 Å². The molecule has 0 bridgehead atoms. The quantitative estimate of drug-likeness (QED) is 0.416. The van der Waals surface area contributed by atoms with E-state index >= 15 is 0 Å². The Morgan fingerprint density at radius 2 is 1.90 bits per heavy atom. The van der Waals surface area contributed by atoms with Gasteiger partial charge in [-0.25, -0.2) is 4.98 Å². The molecular weight excluding hydrogens is 394 g/mol. The van der Waals surface area contributed by atoms with Gasteiger partial charge in [-0.1, -0.05) is 30.3 Å². The van der Waals surface area contributed by atoms with E-state index in [2.05, 4.69) is 5.32 Å². The van der Waals surface area contributed by atoms with Crippen LogP contribution >= 0.6 is 11.8 Å². The van der Waals surface area contributed by atoms with E-state index in [0.717, 1.165) is 32.9 Å². The number of para-hydroxylation sites is 2. The molecule has 4 aromatic rings. The SMILES string of the molecule is CSc1cccc(NC(=O)Cn2c(COc3cccc(C)c3)nc3ccccc32)c1. The first-order valence-electron chi connectivity index (χ1n) is 9.70. The summed E-state index contributed by atoms with van der Waals surface area (Å²) < 4.78 is 7.87. The highest BCUT2D eigenvalue weighted by Crippen LogP contribution is 2.21. The number of ether oxygens (including phenoxy) is 1. The lowest BCUT2D eigenvalue weighted by Crippen LogP contribution is -2.20. The Labute approximate surface area is 180 Å². The molecule has 0 aliphatic heterocycles. The van der Waals surface area contributed by atoms with Crippen molar-refractivity contribution in [3.63, 3.8) is 0 Å². The van der Waals surface area contributed by atoms with Crippen LogP contribution in [0.3, 0.4) is 0 Å². The Morgan fingerprint density at radius 1 is 1.07 bits per heavy atom. The minimum absolute atomic E-state index is 0.104. The second-order valence-corrected chi connectivity index (χ2v) is 7.87. The van der Waals surface area contributed by atoms with E-state index in [-0.39, 0.29) is 19.1 Å². The molecule has 0 atom stereocenters. The third kappa shape index (κ3) is 4.66. The van der Waals surface area contributed by atoms with Gasteiger partial charge in [0, 0.05) is 10.6 Å². The van der Waals surface area contributed by atoms with Crippen LogP contribution in [0.5, 0.6) is 5.75 Å². The number of nitrogens with one attached hydrogen (secondary N) is 1. The van der Waals surface area contributed by atoms with E-state index in [1.54, 1.807) is 11.8 Å². The van der Waals surface area contributed by atoms with E-state index < -0.39 is 0 Å². The van der Waals surface area contributed by atoms with Gasteiger partial charge >= 0.3 is 0 Å². The molecule has 4 rings (SSSR count). The van der Waals surface area contributed by atoms with Gasteiger partial charge in [0.05, 0.1) is 11.0 Å². The molecule has 6 heteroatoms. The smallest absolute Gasteiger partial charge is 0.244 e. The summed E-state index contributed by atoms with van der Waals surface area (Å²) in [7, 11) is 0. The Morgan fingerprint density at radius 3 is 2.73 bits per heavy atom. The van der Waals surface area contributed by atoms with Crippen LogP contribution in [0.25, 0.3) is 11.0 Å². The van der Waals surface area contributed by atoms with E-state index in [4.69, 9.17) is 9.72 Å². The maximum absolute atomic E-state index is 12.8. The molecule has 0 spiro atoms. The molecule has 1 N–H and O–H groups in total. The lowest BCUT2D eigenvalue weighted by atomic mass is 10.2. The number of rotatable bonds is 7. The standard InChI is InChI=1S/C24H23N3O2S/c1-17-7-5-9-19(13-17)29-16-23-26-21-11-3-4-12-22(21)27(23)15-24(28)25-18-8-6-10-20(14-18)30-2/h3-14H,15-16H2,1-2H3,(H,25,28). The molecule has 0 aliphatic rings. The fourth-order valence-corrected chi connectivity index (χ4v) is 3.77. The second kappa shape index (κ2) is 9.05. The number of anilines is 1. The largest absolute Gasteiger partial charge is 0.486 e. The van der Waals surface area contributed by atoms with Crippen molar-refractivity contribution in [2.75, 3.05) is 11.6 Å². The van der Waals surface area contributed by atoms with Crippen LogP contribution in [0.4, 0.5) is 5.69 Å². The van der Waals surface area contributed by atoms with E-state index in [1.165, 1.54) is 0 Å². The van der Waals surface area contributed by atoms with Gasteiger partial charge in [0.2, 0.25) is 5.91 Å².